The van der Waals surface area contributed by atoms with E-state index in [0.717, 1.165) is 5.69 Å². The van der Waals surface area contributed by atoms with Crippen LogP contribution in [0, 0.1) is 12.7 Å². The molecule has 0 fully saturated rings. The molecule has 0 spiro atoms. The van der Waals surface area contributed by atoms with Gasteiger partial charge in [-0.25, -0.2) is 23.8 Å². The smallest absolute Gasteiger partial charge is 0.323 e. The number of halogens is 2. The summed E-state index contributed by atoms with van der Waals surface area (Å²) in [6.07, 6.45) is 3.48. The van der Waals surface area contributed by atoms with Gasteiger partial charge in [0.05, 0.1) is 5.02 Å². The van der Waals surface area contributed by atoms with E-state index in [-0.39, 0.29) is 5.02 Å². The molecular weight excluding hydrogens is 421 g/mol. The van der Waals surface area contributed by atoms with Crippen LogP contribution in [0.15, 0.2) is 67.0 Å². The Hall–Kier alpha value is -3.98. The Kier molecular flexibility index (Phi) is 5.76. The number of benzene rings is 2. The van der Waals surface area contributed by atoms with Gasteiger partial charge in [-0.15, -0.1) is 0 Å². The van der Waals surface area contributed by atoms with E-state index in [1.807, 2.05) is 6.07 Å². The first-order valence-corrected chi connectivity index (χ1v) is 9.60. The summed E-state index contributed by atoms with van der Waals surface area (Å²) in [5.74, 6) is 1.32. The summed E-state index contributed by atoms with van der Waals surface area (Å²) in [4.78, 5) is 20.9. The van der Waals surface area contributed by atoms with Crippen LogP contribution in [0.3, 0.4) is 0 Å². The molecule has 3 N–H and O–H groups in total. The zero-order chi connectivity index (χ0) is 21.8. The third kappa shape index (κ3) is 5.14. The molecule has 156 valence electrons. The molecule has 0 saturated carbocycles. The van der Waals surface area contributed by atoms with E-state index < -0.39 is 11.8 Å². The highest BCUT2D eigenvalue weighted by molar-refractivity contribution is 6.31. The predicted octanol–water partition coefficient (Wildman–Crippen LogP) is 5.15. The summed E-state index contributed by atoms with van der Waals surface area (Å²) < 4.78 is 14.9. The van der Waals surface area contributed by atoms with E-state index in [9.17, 15) is 9.18 Å². The van der Waals surface area contributed by atoms with E-state index in [2.05, 4.69) is 31.0 Å². The maximum Gasteiger partial charge on any atom is 0.323 e. The molecule has 0 unspecified atom stereocenters. The lowest BCUT2D eigenvalue weighted by Crippen LogP contribution is -2.19. The number of aromatic nitrogens is 4. The number of nitrogens with one attached hydrogen (secondary N) is 3. The Morgan fingerprint density at radius 3 is 2.42 bits per heavy atom. The molecular formula is C21H17ClFN7O. The first-order valence-electron chi connectivity index (χ1n) is 9.22. The van der Waals surface area contributed by atoms with Crippen molar-refractivity contribution in [1.82, 2.24) is 19.7 Å². The van der Waals surface area contributed by atoms with Crippen LogP contribution in [0.25, 0.3) is 5.82 Å². The molecule has 0 aliphatic heterocycles. The second kappa shape index (κ2) is 8.80. The van der Waals surface area contributed by atoms with Crippen molar-refractivity contribution in [2.24, 2.45) is 0 Å². The summed E-state index contributed by atoms with van der Waals surface area (Å²) in [5.41, 5.74) is 1.74. The second-order valence-electron chi connectivity index (χ2n) is 6.52. The minimum absolute atomic E-state index is 0.0658. The average molecular weight is 438 g/mol. The van der Waals surface area contributed by atoms with Gasteiger partial charge in [0.25, 0.3) is 0 Å². The summed E-state index contributed by atoms with van der Waals surface area (Å²) in [6.45, 7) is 1.80. The van der Waals surface area contributed by atoms with Crippen molar-refractivity contribution in [3.05, 3.63) is 83.7 Å². The largest absolute Gasteiger partial charge is 0.340 e. The number of aryl methyl sites for hydroxylation is 1. The number of carbonyl (C=O) groups excluding carboxylic acids is 1. The quantitative estimate of drug-likeness (QED) is 0.401. The third-order valence-electron chi connectivity index (χ3n) is 4.16. The van der Waals surface area contributed by atoms with E-state index in [4.69, 9.17) is 11.6 Å². The Balaban J connectivity index is 1.40. The summed E-state index contributed by atoms with van der Waals surface area (Å²) in [6, 6.07) is 14.2. The van der Waals surface area contributed by atoms with E-state index in [1.54, 1.807) is 54.3 Å². The van der Waals surface area contributed by atoms with Crippen LogP contribution in [0.1, 0.15) is 5.82 Å². The molecule has 0 radical (unpaired) electrons. The standard InChI is InChI=1S/C21H17ClFN7O/c1-13-25-19(12-20(26-13)30-10-2-9-24-30)27-14-3-5-15(6-4-14)28-21(31)29-16-7-8-18(23)17(22)11-16/h2-12H,1H3,(H,25,26,27)(H2,28,29,31). The van der Waals surface area contributed by atoms with Crippen molar-refractivity contribution in [3.63, 3.8) is 0 Å². The molecule has 2 aromatic heterocycles. The van der Waals surface area contributed by atoms with E-state index >= 15 is 0 Å². The molecule has 0 aliphatic carbocycles. The normalized spacial score (nSPS) is 10.5. The highest BCUT2D eigenvalue weighted by Gasteiger charge is 2.07. The molecule has 2 aromatic carbocycles. The highest BCUT2D eigenvalue weighted by atomic mass is 35.5. The maximum absolute atomic E-state index is 13.2. The van der Waals surface area contributed by atoms with Gasteiger partial charge < -0.3 is 16.0 Å². The van der Waals surface area contributed by atoms with Crippen molar-refractivity contribution in [3.8, 4) is 5.82 Å². The average Bonchev–Trinajstić information content (AvgIpc) is 3.27. The van der Waals surface area contributed by atoms with Crippen LogP contribution >= 0.6 is 11.6 Å². The first kappa shape index (κ1) is 20.3. The van der Waals surface area contributed by atoms with Gasteiger partial charge in [-0.05, 0) is 55.5 Å². The molecule has 2 heterocycles. The van der Waals surface area contributed by atoms with Gasteiger partial charge in [-0.2, -0.15) is 5.10 Å². The van der Waals surface area contributed by atoms with Crippen molar-refractivity contribution >= 4 is 40.5 Å². The van der Waals surface area contributed by atoms with Crippen LogP contribution in [0.5, 0.6) is 0 Å². The number of carbonyl (C=O) groups is 1. The lowest BCUT2D eigenvalue weighted by molar-refractivity contribution is 0.262. The lowest BCUT2D eigenvalue weighted by Gasteiger charge is -2.11. The van der Waals surface area contributed by atoms with Gasteiger partial charge >= 0.3 is 6.03 Å². The number of rotatable bonds is 5. The first-order chi connectivity index (χ1) is 15.0. The molecule has 4 rings (SSSR count). The molecule has 2 amide bonds. The van der Waals surface area contributed by atoms with Crippen LogP contribution < -0.4 is 16.0 Å². The molecule has 0 saturated heterocycles. The molecule has 31 heavy (non-hydrogen) atoms. The number of urea groups is 1. The highest BCUT2D eigenvalue weighted by Crippen LogP contribution is 2.21. The summed E-state index contributed by atoms with van der Waals surface area (Å²) >= 11 is 5.72. The third-order valence-corrected chi connectivity index (χ3v) is 4.45. The molecule has 0 atom stereocenters. The Morgan fingerprint density at radius 2 is 1.71 bits per heavy atom. The van der Waals surface area contributed by atoms with Gasteiger partial charge in [0.15, 0.2) is 5.82 Å². The Bertz CT molecular complexity index is 1210. The van der Waals surface area contributed by atoms with Gasteiger partial charge in [0.1, 0.15) is 17.5 Å². The fraction of sp³-hybridized carbons (Fsp3) is 0.0476. The van der Waals surface area contributed by atoms with Gasteiger partial charge in [0, 0.05) is 35.5 Å². The predicted molar refractivity (Wildman–Crippen MR) is 118 cm³/mol. The fourth-order valence-electron chi connectivity index (χ4n) is 2.79. The number of amides is 2. The SMILES string of the molecule is Cc1nc(Nc2ccc(NC(=O)Nc3ccc(F)c(Cl)c3)cc2)cc(-n2cccn2)n1. The van der Waals surface area contributed by atoms with Crippen LogP contribution in [0.2, 0.25) is 5.02 Å². The van der Waals surface area contributed by atoms with Crippen molar-refractivity contribution in [1.29, 1.82) is 0 Å². The number of anilines is 4. The lowest BCUT2D eigenvalue weighted by atomic mass is 10.2. The molecule has 0 bridgehead atoms. The second-order valence-corrected chi connectivity index (χ2v) is 6.93. The van der Waals surface area contributed by atoms with Crippen LogP contribution in [0.4, 0.5) is 32.1 Å². The van der Waals surface area contributed by atoms with Gasteiger partial charge in [-0.3, -0.25) is 0 Å². The van der Waals surface area contributed by atoms with E-state index in [1.165, 1.54) is 18.2 Å². The summed E-state index contributed by atoms with van der Waals surface area (Å²) in [5, 5.41) is 12.6. The number of hydrogen-bond donors (Lipinski definition) is 3. The monoisotopic (exact) mass is 437 g/mol. The zero-order valence-electron chi connectivity index (χ0n) is 16.3. The van der Waals surface area contributed by atoms with Crippen LogP contribution in [-0.4, -0.2) is 25.8 Å². The molecule has 8 nitrogen and oxygen atoms in total. The molecule has 0 aliphatic rings. The van der Waals surface area contributed by atoms with Gasteiger partial charge in [0.2, 0.25) is 0 Å². The van der Waals surface area contributed by atoms with Crippen molar-refractivity contribution in [2.45, 2.75) is 6.92 Å². The van der Waals surface area contributed by atoms with Crippen molar-refractivity contribution in [2.75, 3.05) is 16.0 Å². The van der Waals surface area contributed by atoms with Crippen molar-refractivity contribution < 1.29 is 9.18 Å². The van der Waals surface area contributed by atoms with Gasteiger partial charge in [-0.1, -0.05) is 11.6 Å². The fourth-order valence-corrected chi connectivity index (χ4v) is 2.97. The molecule has 4 aromatic rings. The summed E-state index contributed by atoms with van der Waals surface area (Å²) in [7, 11) is 0. The topological polar surface area (TPSA) is 96.8 Å². The number of hydrogen-bond acceptors (Lipinski definition) is 5. The van der Waals surface area contributed by atoms with Crippen LogP contribution in [-0.2, 0) is 0 Å². The maximum atomic E-state index is 13.2. The molecule has 10 heteroatoms. The zero-order valence-corrected chi connectivity index (χ0v) is 17.1. The van der Waals surface area contributed by atoms with E-state index in [0.29, 0.717) is 28.8 Å². The Morgan fingerprint density at radius 1 is 1.00 bits per heavy atom. The Labute approximate surface area is 182 Å². The minimum Gasteiger partial charge on any atom is -0.340 e. The minimum atomic E-state index is -0.550. The number of nitrogens with zero attached hydrogens (tertiary/aromatic N) is 4.